The van der Waals surface area contributed by atoms with Crippen LogP contribution in [-0.2, 0) is 4.79 Å². The van der Waals surface area contributed by atoms with Crippen LogP contribution in [0.1, 0.15) is 41.1 Å². The van der Waals surface area contributed by atoms with E-state index in [0.717, 1.165) is 29.7 Å². The number of rotatable bonds is 4. The SMILES string of the molecule is Cc1ccc(C(c2ccc(Cl)c(Cl)c2)N2CCCC2C(=O)O)c(C)c1. The van der Waals surface area contributed by atoms with E-state index in [9.17, 15) is 9.90 Å². The standard InChI is InChI=1S/C20H21Cl2NO2/c1-12-5-7-15(13(2)10-12)19(14-6-8-16(21)17(22)11-14)23-9-3-4-18(23)20(24)25/h5-8,10-11,18-19H,3-4,9H2,1-2H3,(H,24,25). The van der Waals surface area contributed by atoms with E-state index in [1.165, 1.54) is 5.56 Å². The van der Waals surface area contributed by atoms with Crippen molar-refractivity contribution in [2.45, 2.75) is 38.8 Å². The molecule has 0 saturated carbocycles. The monoisotopic (exact) mass is 377 g/mol. The molecule has 2 atom stereocenters. The first-order valence-electron chi connectivity index (χ1n) is 8.39. The Bertz CT molecular complexity index is 806. The Morgan fingerprint density at radius 2 is 1.92 bits per heavy atom. The number of hydrogen-bond donors (Lipinski definition) is 1. The van der Waals surface area contributed by atoms with Gasteiger partial charge in [-0.2, -0.15) is 0 Å². The van der Waals surface area contributed by atoms with Gasteiger partial charge in [-0.15, -0.1) is 0 Å². The third kappa shape index (κ3) is 3.69. The van der Waals surface area contributed by atoms with Gasteiger partial charge in [-0.05, 0) is 55.5 Å². The van der Waals surface area contributed by atoms with Gasteiger partial charge in [0.15, 0.2) is 0 Å². The van der Waals surface area contributed by atoms with Crippen LogP contribution in [0, 0.1) is 13.8 Å². The van der Waals surface area contributed by atoms with Crippen LogP contribution in [0.5, 0.6) is 0 Å². The maximum absolute atomic E-state index is 11.8. The minimum absolute atomic E-state index is 0.154. The molecule has 0 radical (unpaired) electrons. The second-order valence-corrected chi connectivity index (χ2v) is 7.48. The van der Waals surface area contributed by atoms with Gasteiger partial charge < -0.3 is 5.11 Å². The third-order valence-corrected chi connectivity index (χ3v) is 5.63. The number of likely N-dealkylation sites (tertiary alicyclic amines) is 1. The molecule has 1 heterocycles. The predicted molar refractivity (Wildman–Crippen MR) is 102 cm³/mol. The van der Waals surface area contributed by atoms with Crippen molar-refractivity contribution >= 4 is 29.2 Å². The summed E-state index contributed by atoms with van der Waals surface area (Å²) in [5.74, 6) is -0.771. The Balaban J connectivity index is 2.13. The zero-order chi connectivity index (χ0) is 18.1. The Morgan fingerprint density at radius 1 is 1.16 bits per heavy atom. The third-order valence-electron chi connectivity index (χ3n) is 4.89. The lowest BCUT2D eigenvalue weighted by molar-refractivity contribution is -0.142. The maximum Gasteiger partial charge on any atom is 0.320 e. The van der Waals surface area contributed by atoms with Crippen molar-refractivity contribution in [2.24, 2.45) is 0 Å². The van der Waals surface area contributed by atoms with E-state index in [2.05, 4.69) is 36.9 Å². The minimum atomic E-state index is -0.771. The van der Waals surface area contributed by atoms with Gasteiger partial charge in [0.05, 0.1) is 16.1 Å². The Morgan fingerprint density at radius 3 is 2.56 bits per heavy atom. The van der Waals surface area contributed by atoms with Crippen molar-refractivity contribution in [2.75, 3.05) is 6.54 Å². The molecule has 2 aromatic rings. The van der Waals surface area contributed by atoms with Gasteiger partial charge in [-0.1, -0.05) is 53.0 Å². The van der Waals surface area contributed by atoms with E-state index >= 15 is 0 Å². The average molecular weight is 378 g/mol. The van der Waals surface area contributed by atoms with Gasteiger partial charge >= 0.3 is 5.97 Å². The number of aryl methyl sites for hydroxylation is 2. The summed E-state index contributed by atoms with van der Waals surface area (Å²) in [5, 5.41) is 10.6. The molecular formula is C20H21Cl2NO2. The van der Waals surface area contributed by atoms with Crippen molar-refractivity contribution in [3.05, 3.63) is 68.7 Å². The summed E-state index contributed by atoms with van der Waals surface area (Å²) in [4.78, 5) is 13.8. The van der Waals surface area contributed by atoms with Crippen LogP contribution in [0.15, 0.2) is 36.4 Å². The van der Waals surface area contributed by atoms with E-state index in [1.807, 2.05) is 12.1 Å². The first-order valence-corrected chi connectivity index (χ1v) is 9.14. The first kappa shape index (κ1) is 18.2. The Labute approximate surface area is 158 Å². The van der Waals surface area contributed by atoms with E-state index in [-0.39, 0.29) is 6.04 Å². The zero-order valence-electron chi connectivity index (χ0n) is 14.3. The first-order chi connectivity index (χ1) is 11.9. The fourth-order valence-corrected chi connectivity index (χ4v) is 4.03. The van der Waals surface area contributed by atoms with Crippen LogP contribution in [0.3, 0.4) is 0 Å². The summed E-state index contributed by atoms with van der Waals surface area (Å²) in [7, 11) is 0. The van der Waals surface area contributed by atoms with Crippen LogP contribution >= 0.6 is 23.2 Å². The molecule has 0 bridgehead atoms. The lowest BCUT2D eigenvalue weighted by Gasteiger charge is -2.33. The van der Waals surface area contributed by atoms with Crippen molar-refractivity contribution in [1.82, 2.24) is 4.90 Å². The lowest BCUT2D eigenvalue weighted by Crippen LogP contribution is -2.39. The van der Waals surface area contributed by atoms with Gasteiger partial charge in [-0.25, -0.2) is 0 Å². The highest BCUT2D eigenvalue weighted by atomic mass is 35.5. The summed E-state index contributed by atoms with van der Waals surface area (Å²) < 4.78 is 0. The molecule has 25 heavy (non-hydrogen) atoms. The molecule has 5 heteroatoms. The largest absolute Gasteiger partial charge is 0.480 e. The quantitative estimate of drug-likeness (QED) is 0.790. The molecule has 1 aliphatic rings. The molecule has 0 amide bonds. The smallest absolute Gasteiger partial charge is 0.320 e. The fraction of sp³-hybridized carbons (Fsp3) is 0.350. The fourth-order valence-electron chi connectivity index (χ4n) is 3.73. The van der Waals surface area contributed by atoms with Gasteiger partial charge in [0, 0.05) is 6.54 Å². The molecular weight excluding hydrogens is 357 g/mol. The second-order valence-electron chi connectivity index (χ2n) is 6.67. The number of carbonyl (C=O) groups is 1. The molecule has 0 spiro atoms. The number of carboxylic acids is 1. The van der Waals surface area contributed by atoms with Gasteiger partial charge in [-0.3, -0.25) is 9.69 Å². The highest BCUT2D eigenvalue weighted by Gasteiger charge is 2.37. The summed E-state index contributed by atoms with van der Waals surface area (Å²) in [6, 6.07) is 11.2. The average Bonchev–Trinajstić information content (AvgIpc) is 3.02. The van der Waals surface area contributed by atoms with Crippen molar-refractivity contribution in [3.63, 3.8) is 0 Å². The van der Waals surface area contributed by atoms with E-state index in [4.69, 9.17) is 23.2 Å². The molecule has 1 fully saturated rings. The van der Waals surface area contributed by atoms with Crippen molar-refractivity contribution < 1.29 is 9.90 Å². The number of carboxylic acid groups (broad SMARTS) is 1. The van der Waals surface area contributed by atoms with Crippen LogP contribution < -0.4 is 0 Å². The van der Waals surface area contributed by atoms with E-state index in [0.29, 0.717) is 16.5 Å². The van der Waals surface area contributed by atoms with Crippen molar-refractivity contribution in [1.29, 1.82) is 0 Å². The second kappa shape index (κ2) is 7.36. The molecule has 1 N–H and O–H groups in total. The molecule has 2 unspecified atom stereocenters. The molecule has 1 aliphatic heterocycles. The molecule has 0 aromatic heterocycles. The molecule has 0 aliphatic carbocycles. The highest BCUT2D eigenvalue weighted by molar-refractivity contribution is 6.42. The number of benzene rings is 2. The van der Waals surface area contributed by atoms with Crippen LogP contribution in [0.25, 0.3) is 0 Å². The summed E-state index contributed by atoms with van der Waals surface area (Å²) >= 11 is 12.3. The van der Waals surface area contributed by atoms with Gasteiger partial charge in [0.2, 0.25) is 0 Å². The normalized spacial score (nSPS) is 19.1. The van der Waals surface area contributed by atoms with Crippen LogP contribution in [0.4, 0.5) is 0 Å². The molecule has 132 valence electrons. The Hall–Kier alpha value is -1.55. The van der Waals surface area contributed by atoms with Crippen molar-refractivity contribution in [3.8, 4) is 0 Å². The lowest BCUT2D eigenvalue weighted by atomic mass is 9.92. The molecule has 3 nitrogen and oxygen atoms in total. The van der Waals surface area contributed by atoms with E-state index in [1.54, 1.807) is 6.07 Å². The highest BCUT2D eigenvalue weighted by Crippen LogP contribution is 2.38. The number of aliphatic carboxylic acids is 1. The topological polar surface area (TPSA) is 40.5 Å². The van der Waals surface area contributed by atoms with Gasteiger partial charge in [0.1, 0.15) is 6.04 Å². The molecule has 1 saturated heterocycles. The number of halogens is 2. The van der Waals surface area contributed by atoms with Crippen LogP contribution in [-0.4, -0.2) is 28.6 Å². The van der Waals surface area contributed by atoms with E-state index < -0.39 is 12.0 Å². The molecule has 3 rings (SSSR count). The predicted octanol–water partition coefficient (Wildman–Crippen LogP) is 5.25. The summed E-state index contributed by atoms with van der Waals surface area (Å²) in [5.41, 5.74) is 4.41. The summed E-state index contributed by atoms with van der Waals surface area (Å²) in [6.45, 7) is 4.87. The Kier molecular flexibility index (Phi) is 5.38. The van der Waals surface area contributed by atoms with Crippen LogP contribution in [0.2, 0.25) is 10.0 Å². The number of nitrogens with zero attached hydrogens (tertiary/aromatic N) is 1. The minimum Gasteiger partial charge on any atom is -0.480 e. The molecule has 2 aromatic carbocycles. The zero-order valence-corrected chi connectivity index (χ0v) is 15.8. The summed E-state index contributed by atoms with van der Waals surface area (Å²) in [6.07, 6.45) is 1.54. The maximum atomic E-state index is 11.8. The number of hydrogen-bond acceptors (Lipinski definition) is 2. The van der Waals surface area contributed by atoms with Gasteiger partial charge in [0.25, 0.3) is 0 Å².